The monoisotopic (exact) mass is 457 g/mol. The number of likely N-dealkylation sites (tertiary alicyclic amines) is 1. The van der Waals surface area contributed by atoms with Gasteiger partial charge < -0.3 is 19.3 Å². The molecule has 2 aromatic carbocycles. The summed E-state index contributed by atoms with van der Waals surface area (Å²) in [5, 5.41) is 11.2. The van der Waals surface area contributed by atoms with Gasteiger partial charge in [0.2, 0.25) is 0 Å². The topological polar surface area (TPSA) is 84.7 Å². The van der Waals surface area contributed by atoms with Gasteiger partial charge in [0, 0.05) is 31.0 Å². The van der Waals surface area contributed by atoms with Crippen LogP contribution in [0.25, 0.3) is 5.76 Å². The van der Waals surface area contributed by atoms with Gasteiger partial charge in [-0.15, -0.1) is 0 Å². The molecule has 1 unspecified atom stereocenters. The lowest BCUT2D eigenvalue weighted by atomic mass is 9.94. The Kier molecular flexibility index (Phi) is 6.92. The molecule has 0 saturated carbocycles. The molecule has 174 valence electrons. The van der Waals surface area contributed by atoms with Crippen molar-refractivity contribution in [3.63, 3.8) is 0 Å². The van der Waals surface area contributed by atoms with Gasteiger partial charge in [0.25, 0.3) is 11.7 Å². The van der Waals surface area contributed by atoms with E-state index in [2.05, 4.69) is 11.6 Å². The number of aliphatic hydroxyl groups excluding tert-OH is 1. The van der Waals surface area contributed by atoms with Gasteiger partial charge in [0.15, 0.2) is 0 Å². The summed E-state index contributed by atoms with van der Waals surface area (Å²) in [7, 11) is 0. The summed E-state index contributed by atoms with van der Waals surface area (Å²) >= 11 is 0. The molecule has 7 heteroatoms. The van der Waals surface area contributed by atoms with Crippen LogP contribution in [-0.2, 0) is 16.1 Å². The van der Waals surface area contributed by atoms with Gasteiger partial charge in [-0.3, -0.25) is 9.59 Å². The Bertz CT molecular complexity index is 1200. The number of carbonyl (C=O) groups excluding carboxylic acids is 2. The molecule has 0 bridgehead atoms. The van der Waals surface area contributed by atoms with Crippen molar-refractivity contribution < 1.29 is 19.4 Å². The van der Waals surface area contributed by atoms with Gasteiger partial charge in [-0.2, -0.15) is 0 Å². The minimum atomic E-state index is -0.683. The first-order valence-corrected chi connectivity index (χ1v) is 11.1. The zero-order valence-corrected chi connectivity index (χ0v) is 19.1. The molecule has 1 aliphatic rings. The standard InChI is InChI=1S/C27H27N3O4/c1-3-17-34-22-11-9-21(10-12-22)25(31)23-24(20-7-5-19(2)6-8-20)30(27(33)26(23)32)15-4-14-29-16-13-28-18-29/h3,5-13,16,18,24,31H,1,4,14-15,17H2,2H3/b25-23-. The van der Waals surface area contributed by atoms with Crippen LogP contribution in [0.5, 0.6) is 5.75 Å². The van der Waals surface area contributed by atoms with E-state index < -0.39 is 17.7 Å². The Morgan fingerprint density at radius 1 is 1.12 bits per heavy atom. The van der Waals surface area contributed by atoms with Gasteiger partial charge in [0.1, 0.15) is 18.1 Å². The quantitative estimate of drug-likeness (QED) is 0.225. The van der Waals surface area contributed by atoms with Gasteiger partial charge in [-0.25, -0.2) is 4.98 Å². The molecule has 1 aromatic heterocycles. The average Bonchev–Trinajstić information content (AvgIpc) is 3.45. The van der Waals surface area contributed by atoms with Crippen LogP contribution in [0.4, 0.5) is 0 Å². The second-order valence-electron chi connectivity index (χ2n) is 8.18. The lowest BCUT2D eigenvalue weighted by molar-refractivity contribution is -0.139. The first-order chi connectivity index (χ1) is 16.5. The molecular weight excluding hydrogens is 430 g/mol. The molecule has 0 spiro atoms. The molecule has 1 atom stereocenters. The number of hydrogen-bond acceptors (Lipinski definition) is 5. The molecule has 0 radical (unpaired) electrons. The van der Waals surface area contributed by atoms with Crippen LogP contribution in [0, 0.1) is 6.92 Å². The smallest absolute Gasteiger partial charge is 0.295 e. The fourth-order valence-electron chi connectivity index (χ4n) is 4.07. The van der Waals surface area contributed by atoms with Crippen LogP contribution in [-0.4, -0.2) is 44.4 Å². The van der Waals surface area contributed by atoms with Crippen LogP contribution in [0.2, 0.25) is 0 Å². The number of imidazole rings is 1. The van der Waals surface area contributed by atoms with Gasteiger partial charge in [0.05, 0.1) is 17.9 Å². The number of benzene rings is 2. The molecule has 34 heavy (non-hydrogen) atoms. The Labute approximate surface area is 198 Å². The summed E-state index contributed by atoms with van der Waals surface area (Å²) in [5.41, 5.74) is 2.38. The number of hydrogen-bond donors (Lipinski definition) is 1. The highest BCUT2D eigenvalue weighted by Crippen LogP contribution is 2.39. The number of nitrogens with zero attached hydrogens (tertiary/aromatic N) is 3. The maximum Gasteiger partial charge on any atom is 0.295 e. The number of amides is 1. The molecule has 0 aliphatic carbocycles. The highest BCUT2D eigenvalue weighted by atomic mass is 16.5. The molecule has 1 N–H and O–H groups in total. The van der Waals surface area contributed by atoms with Gasteiger partial charge >= 0.3 is 0 Å². The molecular formula is C27H27N3O4. The molecule has 4 rings (SSSR count). The summed E-state index contributed by atoms with van der Waals surface area (Å²) in [4.78, 5) is 31.8. The van der Waals surface area contributed by atoms with E-state index in [1.165, 1.54) is 0 Å². The third-order valence-electron chi connectivity index (χ3n) is 5.80. The molecule has 3 aromatic rings. The van der Waals surface area contributed by atoms with Gasteiger partial charge in [-0.1, -0.05) is 42.5 Å². The van der Waals surface area contributed by atoms with Crippen molar-refractivity contribution in [3.05, 3.63) is 102 Å². The zero-order valence-electron chi connectivity index (χ0n) is 19.1. The number of Topliss-reactive ketones (excluding diaryl/α,β-unsaturated/α-hetero) is 1. The van der Waals surface area contributed by atoms with Crippen molar-refractivity contribution in [2.24, 2.45) is 0 Å². The second-order valence-corrected chi connectivity index (χ2v) is 8.18. The number of rotatable bonds is 9. The minimum absolute atomic E-state index is 0.0937. The van der Waals surface area contributed by atoms with Crippen LogP contribution in [0.3, 0.4) is 0 Å². The van der Waals surface area contributed by atoms with Crippen LogP contribution in [0.1, 0.15) is 29.2 Å². The summed E-state index contributed by atoms with van der Waals surface area (Å²) in [6.07, 6.45) is 7.55. The lowest BCUT2D eigenvalue weighted by Crippen LogP contribution is -2.31. The number of aliphatic hydroxyl groups is 1. The lowest BCUT2D eigenvalue weighted by Gasteiger charge is -2.25. The normalized spacial score (nSPS) is 17.2. The first-order valence-electron chi connectivity index (χ1n) is 11.1. The summed E-state index contributed by atoms with van der Waals surface area (Å²) in [6, 6.07) is 13.8. The van der Waals surface area contributed by atoms with Crippen LogP contribution < -0.4 is 4.74 Å². The average molecular weight is 458 g/mol. The van der Waals surface area contributed by atoms with E-state index in [9.17, 15) is 14.7 Å². The number of aromatic nitrogens is 2. The van der Waals surface area contributed by atoms with Crippen molar-refractivity contribution in [2.45, 2.75) is 25.9 Å². The molecule has 1 saturated heterocycles. The predicted octanol–water partition coefficient (Wildman–Crippen LogP) is 4.27. The highest BCUT2D eigenvalue weighted by molar-refractivity contribution is 6.46. The zero-order chi connectivity index (χ0) is 24.1. The van der Waals surface area contributed by atoms with Crippen molar-refractivity contribution >= 4 is 17.4 Å². The molecule has 1 amide bonds. The van der Waals surface area contributed by atoms with E-state index in [4.69, 9.17) is 4.74 Å². The Hall–Kier alpha value is -4.13. The van der Waals surface area contributed by atoms with Crippen molar-refractivity contribution in [3.8, 4) is 5.75 Å². The Morgan fingerprint density at radius 3 is 2.50 bits per heavy atom. The molecule has 1 aliphatic heterocycles. The highest BCUT2D eigenvalue weighted by Gasteiger charge is 2.45. The summed E-state index contributed by atoms with van der Waals surface area (Å²) < 4.78 is 7.42. The van der Waals surface area contributed by atoms with E-state index in [1.807, 2.05) is 42.0 Å². The predicted molar refractivity (Wildman–Crippen MR) is 129 cm³/mol. The van der Waals surface area contributed by atoms with E-state index in [0.717, 1.165) is 11.1 Å². The van der Waals surface area contributed by atoms with Crippen molar-refractivity contribution in [1.82, 2.24) is 14.5 Å². The van der Waals surface area contributed by atoms with E-state index in [-0.39, 0.29) is 11.3 Å². The number of aryl methyl sites for hydroxylation is 2. The summed E-state index contributed by atoms with van der Waals surface area (Å²) in [5.74, 6) is -0.871. The van der Waals surface area contributed by atoms with Crippen molar-refractivity contribution in [1.29, 1.82) is 0 Å². The fraction of sp³-hybridized carbons (Fsp3) is 0.222. The van der Waals surface area contributed by atoms with Crippen LogP contribution in [0.15, 0.2) is 85.5 Å². The van der Waals surface area contributed by atoms with E-state index >= 15 is 0 Å². The SMILES string of the molecule is C=CCOc1ccc(/C(O)=C2/C(=O)C(=O)N(CCCn3ccnc3)C2c2ccc(C)cc2)cc1. The molecule has 7 nitrogen and oxygen atoms in total. The molecule has 1 fully saturated rings. The molecule has 2 heterocycles. The third kappa shape index (κ3) is 4.78. The van der Waals surface area contributed by atoms with E-state index in [0.29, 0.717) is 37.4 Å². The Morgan fingerprint density at radius 2 is 1.85 bits per heavy atom. The Balaban J connectivity index is 1.68. The van der Waals surface area contributed by atoms with E-state index in [1.54, 1.807) is 47.8 Å². The van der Waals surface area contributed by atoms with Crippen molar-refractivity contribution in [2.75, 3.05) is 13.2 Å². The van der Waals surface area contributed by atoms with Gasteiger partial charge in [-0.05, 0) is 43.2 Å². The first kappa shape index (κ1) is 23.0. The second kappa shape index (κ2) is 10.2. The summed E-state index contributed by atoms with van der Waals surface area (Å²) in [6.45, 7) is 6.99. The number of carbonyl (C=O) groups is 2. The third-order valence-corrected chi connectivity index (χ3v) is 5.80. The minimum Gasteiger partial charge on any atom is -0.507 e. The van der Waals surface area contributed by atoms with Crippen LogP contribution >= 0.6 is 0 Å². The maximum atomic E-state index is 13.1. The number of ketones is 1. The maximum absolute atomic E-state index is 13.1. The number of ether oxygens (including phenoxy) is 1. The fourth-order valence-corrected chi connectivity index (χ4v) is 4.07. The largest absolute Gasteiger partial charge is 0.507 e.